The Morgan fingerprint density at radius 2 is 1.55 bits per heavy atom. The van der Waals surface area contributed by atoms with Crippen LogP contribution in [0.4, 0.5) is 5.69 Å². The van der Waals surface area contributed by atoms with E-state index >= 15 is 0 Å². The summed E-state index contributed by atoms with van der Waals surface area (Å²) >= 11 is 0. The van der Waals surface area contributed by atoms with Gasteiger partial charge in [-0.25, -0.2) is 0 Å². The van der Waals surface area contributed by atoms with Gasteiger partial charge in [0.25, 0.3) is 0 Å². The van der Waals surface area contributed by atoms with E-state index in [-0.39, 0.29) is 46.5 Å². The van der Waals surface area contributed by atoms with Gasteiger partial charge in [-0.1, -0.05) is 52.6 Å². The van der Waals surface area contributed by atoms with E-state index in [1.807, 2.05) is 32.0 Å². The largest absolute Gasteiger partial charge is 2.00 e. The molecule has 1 N–H and O–H groups in total. The smallest absolute Gasteiger partial charge is 1.00 e. The van der Waals surface area contributed by atoms with Crippen LogP contribution in [0, 0.1) is 27.7 Å². The number of nitrogens with zero attached hydrogens (tertiary/aromatic N) is 1. The third kappa shape index (κ3) is 8.62. The maximum Gasteiger partial charge on any atom is 2.00 e. The minimum Gasteiger partial charge on any atom is -1.00 e. The average Bonchev–Trinajstić information content (AvgIpc) is 3.00. The fourth-order valence-electron chi connectivity index (χ4n) is 3.32. The van der Waals surface area contributed by atoms with Crippen LogP contribution >= 0.6 is 0 Å². The van der Waals surface area contributed by atoms with E-state index in [4.69, 9.17) is 5.73 Å². The predicted molar refractivity (Wildman–Crippen MR) is 115 cm³/mol. The number of allylic oxidation sites excluding steroid dienone is 2. The molecule has 0 spiro atoms. The van der Waals surface area contributed by atoms with Gasteiger partial charge in [0.1, 0.15) is 0 Å². The Morgan fingerprint density at radius 1 is 1.00 bits per heavy atom. The molecule has 0 fully saturated rings. The molecule has 2 aromatic carbocycles. The van der Waals surface area contributed by atoms with Crippen molar-refractivity contribution in [1.29, 1.82) is 0 Å². The number of benzene rings is 2. The zero-order valence-corrected chi connectivity index (χ0v) is 21.0. The van der Waals surface area contributed by atoms with E-state index in [1.165, 1.54) is 22.3 Å². The van der Waals surface area contributed by atoms with Crippen LogP contribution in [-0.2, 0) is 21.7 Å². The van der Waals surface area contributed by atoms with Crippen molar-refractivity contribution in [2.75, 3.05) is 20.6 Å². The molecule has 1 aliphatic carbocycles. The summed E-state index contributed by atoms with van der Waals surface area (Å²) in [5.41, 5.74) is 16.9. The zero-order valence-electron chi connectivity index (χ0n) is 17.9. The monoisotopic (exact) mass is 464 g/mol. The van der Waals surface area contributed by atoms with Crippen molar-refractivity contribution < 1.29 is 46.5 Å². The fraction of sp³-hybridized carbons (Fsp3) is 0.292. The molecular formula is C24H30Cl2N2Ti-2. The summed E-state index contributed by atoms with van der Waals surface area (Å²) in [6.07, 6.45) is 5.51. The van der Waals surface area contributed by atoms with Gasteiger partial charge in [-0.05, 0) is 46.9 Å². The molecule has 2 nitrogen and oxygen atoms in total. The molecule has 0 atom stereocenters. The van der Waals surface area contributed by atoms with Gasteiger partial charge in [-0.2, -0.15) is 18.6 Å². The second-order valence-electron chi connectivity index (χ2n) is 7.28. The summed E-state index contributed by atoms with van der Waals surface area (Å²) in [5.74, 6) is 0. The molecule has 156 valence electrons. The Morgan fingerprint density at radius 3 is 2.07 bits per heavy atom. The predicted octanol–water partition coefficient (Wildman–Crippen LogP) is 0.445. The first-order valence-electron chi connectivity index (χ1n) is 9.03. The topological polar surface area (TPSA) is 27.0 Å². The third-order valence-corrected chi connectivity index (χ3v) is 4.53. The number of aryl methyl sites for hydroxylation is 3. The maximum atomic E-state index is 7.54. The molecule has 0 bridgehead atoms. The molecule has 0 saturated carbocycles. The first kappa shape index (κ1) is 30.0. The number of rotatable bonds is 3. The quantitative estimate of drug-likeness (QED) is 0.478. The molecule has 0 radical (unpaired) electrons. The van der Waals surface area contributed by atoms with Crippen LogP contribution in [0.2, 0.25) is 0 Å². The van der Waals surface area contributed by atoms with Gasteiger partial charge >= 0.3 is 21.7 Å². The van der Waals surface area contributed by atoms with Crippen LogP contribution in [0.1, 0.15) is 34.2 Å². The number of likely N-dealkylation sites (N-methyl/N-ethyl adjacent to an activating group) is 1. The van der Waals surface area contributed by atoms with E-state index in [2.05, 4.69) is 63.2 Å². The first-order chi connectivity index (χ1) is 12.3. The number of hydrogen-bond donors (Lipinski definition) is 0. The van der Waals surface area contributed by atoms with Crippen molar-refractivity contribution in [1.82, 2.24) is 4.90 Å². The Bertz CT molecular complexity index is 820. The van der Waals surface area contributed by atoms with Crippen LogP contribution < -0.4 is 24.8 Å². The normalized spacial score (nSPS) is 11.8. The Hall–Kier alpha value is -1.16. The Labute approximate surface area is 204 Å². The summed E-state index contributed by atoms with van der Waals surface area (Å²) in [6, 6.07) is 12.4. The van der Waals surface area contributed by atoms with Crippen molar-refractivity contribution in [2.24, 2.45) is 0 Å². The van der Waals surface area contributed by atoms with Crippen molar-refractivity contribution >= 4 is 11.3 Å². The average molecular weight is 465 g/mol. The van der Waals surface area contributed by atoms with Gasteiger partial charge in [0.15, 0.2) is 0 Å². The number of nitrogens with one attached hydrogen (secondary N) is 1. The van der Waals surface area contributed by atoms with Crippen molar-refractivity contribution in [3.63, 3.8) is 0 Å². The molecule has 0 aliphatic heterocycles. The molecule has 5 heteroatoms. The van der Waals surface area contributed by atoms with Crippen molar-refractivity contribution in [3.8, 4) is 0 Å². The minimum atomic E-state index is 0. The van der Waals surface area contributed by atoms with Gasteiger partial charge in [0, 0.05) is 6.54 Å². The van der Waals surface area contributed by atoms with Crippen molar-refractivity contribution in [3.05, 3.63) is 94.6 Å². The van der Waals surface area contributed by atoms with Gasteiger partial charge in [0.2, 0.25) is 0 Å². The van der Waals surface area contributed by atoms with Crippen LogP contribution in [0.25, 0.3) is 11.3 Å². The standard InChI is InChI=1S/C15H18N.C9H12N.2ClH.Ti/c1-12-7-4-5-9-14(12)15-10-6-8-13(15)11-16(2)3;1-6-4-7(2)9(10)8(3)5-6;;;/h4-9H,1,10-11H2,2-3H3;4-5,10H,1-3H3;2*1H;/q2*-1;;;+2/p-2. The molecule has 2 aromatic rings. The van der Waals surface area contributed by atoms with E-state index < -0.39 is 0 Å². The Balaban J connectivity index is 0. The molecule has 3 rings (SSSR count). The van der Waals surface area contributed by atoms with Crippen LogP contribution in [0.5, 0.6) is 0 Å². The second-order valence-corrected chi connectivity index (χ2v) is 7.28. The zero-order chi connectivity index (χ0) is 19.3. The fourth-order valence-corrected chi connectivity index (χ4v) is 3.32. The van der Waals surface area contributed by atoms with Crippen LogP contribution in [0.15, 0.2) is 54.1 Å². The summed E-state index contributed by atoms with van der Waals surface area (Å²) in [4.78, 5) is 2.21. The molecule has 0 heterocycles. The van der Waals surface area contributed by atoms with Gasteiger partial charge in [-0.3, -0.25) is 0 Å². The van der Waals surface area contributed by atoms with Crippen LogP contribution in [-0.4, -0.2) is 25.5 Å². The molecule has 0 amide bonds. The van der Waals surface area contributed by atoms with E-state index in [9.17, 15) is 0 Å². The Kier molecular flexibility index (Phi) is 14.5. The van der Waals surface area contributed by atoms with E-state index in [0.29, 0.717) is 5.69 Å². The first-order valence-corrected chi connectivity index (χ1v) is 9.03. The second kappa shape index (κ2) is 14.0. The van der Waals surface area contributed by atoms with E-state index in [1.54, 1.807) is 0 Å². The third-order valence-electron chi connectivity index (χ3n) is 4.53. The minimum absolute atomic E-state index is 0. The maximum absolute atomic E-state index is 7.54. The van der Waals surface area contributed by atoms with Gasteiger partial charge < -0.3 is 35.4 Å². The summed E-state index contributed by atoms with van der Waals surface area (Å²) in [6.45, 7) is 11.1. The van der Waals surface area contributed by atoms with Crippen molar-refractivity contribution in [2.45, 2.75) is 27.2 Å². The molecular weight excluding hydrogens is 435 g/mol. The number of halogens is 2. The molecule has 29 heavy (non-hydrogen) atoms. The summed E-state index contributed by atoms with van der Waals surface area (Å²) < 4.78 is 0. The van der Waals surface area contributed by atoms with Gasteiger partial charge in [-0.15, -0.1) is 23.4 Å². The summed E-state index contributed by atoms with van der Waals surface area (Å²) in [7, 11) is 4.21. The molecule has 1 aliphatic rings. The van der Waals surface area contributed by atoms with Crippen LogP contribution in [0.3, 0.4) is 0 Å². The SMILES string of the molecule is Cc1cc(C)c([NH-])c(C)c1.[CH2-]c1ccccc1C1=C(CN(C)C)C=CC1.[Cl-].[Cl-].[Ti+2]. The summed E-state index contributed by atoms with van der Waals surface area (Å²) in [5, 5.41) is 0. The van der Waals surface area contributed by atoms with E-state index in [0.717, 1.165) is 29.7 Å². The molecule has 0 aromatic heterocycles. The molecule has 0 unspecified atom stereocenters. The van der Waals surface area contributed by atoms with Gasteiger partial charge in [0.05, 0.1) is 0 Å². The molecule has 0 saturated heterocycles. The number of hydrogen-bond acceptors (Lipinski definition) is 1.